The van der Waals surface area contributed by atoms with E-state index in [1.54, 1.807) is 18.3 Å². The van der Waals surface area contributed by atoms with Crippen LogP contribution in [0.5, 0.6) is 11.5 Å². The van der Waals surface area contributed by atoms with Gasteiger partial charge < -0.3 is 64.7 Å². The van der Waals surface area contributed by atoms with Crippen molar-refractivity contribution in [2.24, 2.45) is 5.11 Å². The summed E-state index contributed by atoms with van der Waals surface area (Å²) in [7, 11) is -14.0. The highest BCUT2D eigenvalue weighted by molar-refractivity contribution is 8.76. The van der Waals surface area contributed by atoms with E-state index in [0.717, 1.165) is 105 Å². The number of aromatic nitrogens is 3. The number of nitrogen functional groups attached to an aromatic ring is 1. The smallest absolute Gasteiger partial charge is 0.478 e. The monoisotopic (exact) mass is 1280 g/mol. The number of aromatic carboxylic acids is 1. The molecule has 11 rings (SSSR count). The van der Waals surface area contributed by atoms with Gasteiger partial charge in [-0.25, -0.2) is 33.0 Å². The number of azide groups is 1. The van der Waals surface area contributed by atoms with Crippen LogP contribution in [0.25, 0.3) is 27.0 Å². The number of anilines is 2. The van der Waals surface area contributed by atoms with Crippen molar-refractivity contribution < 1.29 is 80.1 Å². The van der Waals surface area contributed by atoms with Gasteiger partial charge in [0.25, 0.3) is 5.91 Å². The maximum absolute atomic E-state index is 14.0. The largest absolute Gasteiger partial charge is 0.490 e. The summed E-state index contributed by atoms with van der Waals surface area (Å²) in [5.74, 6) is 6.77. The Morgan fingerprint density at radius 1 is 0.919 bits per heavy atom. The van der Waals surface area contributed by atoms with Gasteiger partial charge in [0, 0.05) is 107 Å². The van der Waals surface area contributed by atoms with Crippen LogP contribution in [0.4, 0.5) is 11.5 Å². The van der Waals surface area contributed by atoms with Crippen LogP contribution in [-0.2, 0) is 66.8 Å². The molecule has 454 valence electrons. The fourth-order valence-electron chi connectivity index (χ4n) is 12.1. The lowest BCUT2D eigenvalue weighted by Crippen LogP contribution is -2.45. The normalized spacial score (nSPS) is 19.7. The molecular weight excluding hydrogens is 1220 g/mol. The van der Waals surface area contributed by atoms with E-state index < -0.39 is 61.2 Å². The predicted octanol–water partition coefficient (Wildman–Crippen LogP) is 5.10. The fourth-order valence-corrected chi connectivity index (χ4v) is 17.0. The number of ether oxygens (including phenoxy) is 3. The first-order chi connectivity index (χ1) is 41.3. The number of phosphoric ester groups is 1. The van der Waals surface area contributed by atoms with Gasteiger partial charge in [0.1, 0.15) is 61.4 Å². The number of carbonyl (C=O) groups is 3. The summed E-state index contributed by atoms with van der Waals surface area (Å²) in [6.07, 6.45) is 7.23. The van der Waals surface area contributed by atoms with E-state index in [9.17, 15) is 43.0 Å². The second-order valence-electron chi connectivity index (χ2n) is 20.9. The number of fused-ring (bicyclic) bond motifs is 5. The van der Waals surface area contributed by atoms with E-state index in [4.69, 9.17) is 39.8 Å². The molecule has 2 unspecified atom stereocenters. The Bertz CT molecular complexity index is 3990. The van der Waals surface area contributed by atoms with Crippen LogP contribution in [-0.4, -0.2) is 133 Å². The van der Waals surface area contributed by atoms with Crippen LogP contribution in [0.15, 0.2) is 48.0 Å². The van der Waals surface area contributed by atoms with E-state index in [2.05, 4.69) is 72.7 Å². The predicted molar refractivity (Wildman–Crippen MR) is 315 cm³/mol. The lowest BCUT2D eigenvalue weighted by Gasteiger charge is -2.39. The third-order valence-corrected chi connectivity index (χ3v) is 21.6. The van der Waals surface area contributed by atoms with Crippen molar-refractivity contribution >= 4 is 91.0 Å². The summed E-state index contributed by atoms with van der Waals surface area (Å²) in [5, 5.41) is 22.3. The van der Waals surface area contributed by atoms with Crippen molar-refractivity contribution in [2.45, 2.75) is 82.6 Å². The molecule has 0 spiro atoms. The highest BCUT2D eigenvalue weighted by Crippen LogP contribution is 2.66. The number of nitrogens with two attached hydrogens (primary N) is 1. The topological polar surface area (TPSA) is 395 Å². The molecule has 1 fully saturated rings. The third-order valence-electron chi connectivity index (χ3n) is 15.4. The second-order valence-corrected chi connectivity index (χ2v) is 28.0. The Labute approximate surface area is 498 Å². The van der Waals surface area contributed by atoms with Gasteiger partial charge in [-0.2, -0.15) is 8.62 Å². The van der Waals surface area contributed by atoms with E-state index >= 15 is 0 Å². The summed E-state index contributed by atoms with van der Waals surface area (Å²) in [6, 6.07) is 9.25. The molecule has 6 aliphatic rings. The number of nitrogens with one attached hydrogen (secondary N) is 2. The average molecular weight is 1280 g/mol. The summed E-state index contributed by atoms with van der Waals surface area (Å²) >= 11 is 0. The van der Waals surface area contributed by atoms with Crippen molar-refractivity contribution in [1.82, 2.24) is 29.7 Å². The van der Waals surface area contributed by atoms with Gasteiger partial charge >= 0.3 is 29.4 Å². The molecule has 0 radical (unpaired) electrons. The number of phosphoric acid groups is 3. The molecule has 3 aromatic carbocycles. The van der Waals surface area contributed by atoms with Crippen molar-refractivity contribution in [1.29, 1.82) is 0 Å². The molecule has 5 aromatic rings. The molecule has 0 aliphatic carbocycles. The van der Waals surface area contributed by atoms with Gasteiger partial charge in [-0.3, -0.25) is 14.1 Å². The van der Waals surface area contributed by atoms with Gasteiger partial charge in [-0.05, 0) is 85.5 Å². The Morgan fingerprint density at radius 3 is 2.48 bits per heavy atom. The maximum atomic E-state index is 14.0. The molecule has 33 heteroatoms. The highest BCUT2D eigenvalue weighted by Gasteiger charge is 2.44. The number of carboxylic acid groups (broad SMARTS) is 1. The SMILES string of the molecule is [N-]=[N+]=NCO[C@H]1C[C@H](n2cc(C#CCNC(=O)CCSSCCNC(=O)c3ccc(C(=O)O)c(C4=c5cc6c7c(c5Oc5c4cc4c8c5CCCN8CCC4)CCC[N+]=7CCC6)c3)c3c(N)ncnc32)O[C@@H]1COP(=O)(O)OP(=O)(O)OP(=O)(O)O. The van der Waals surface area contributed by atoms with E-state index in [-0.39, 0.29) is 48.2 Å². The first kappa shape index (κ1) is 61.3. The second kappa shape index (κ2) is 25.8. The minimum absolute atomic E-state index is 0.0250. The number of carbonyl (C=O) groups excluding carboxylic acids is 2. The average Bonchev–Trinajstić information content (AvgIpc) is 0.886. The van der Waals surface area contributed by atoms with Crippen LogP contribution in [0.1, 0.15) is 104 Å². The first-order valence-corrected chi connectivity index (χ1v) is 34.5. The summed E-state index contributed by atoms with van der Waals surface area (Å²) < 4.78 is 70.6. The van der Waals surface area contributed by atoms with Gasteiger partial charge in [-0.1, -0.05) is 38.5 Å². The van der Waals surface area contributed by atoms with Gasteiger partial charge in [0.15, 0.2) is 0 Å². The number of hydrogen-bond acceptors (Lipinski definition) is 19. The molecule has 86 heavy (non-hydrogen) atoms. The summed E-state index contributed by atoms with van der Waals surface area (Å²) in [4.78, 5) is 90.8. The van der Waals surface area contributed by atoms with E-state index in [1.165, 1.54) is 71.8 Å². The lowest BCUT2D eigenvalue weighted by molar-refractivity contribution is -0.120. The van der Waals surface area contributed by atoms with Crippen molar-refractivity contribution in [3.63, 3.8) is 0 Å². The Balaban J connectivity index is 0.706. The number of rotatable bonds is 22. The van der Waals surface area contributed by atoms with Crippen LogP contribution in [0.2, 0.25) is 0 Å². The summed E-state index contributed by atoms with van der Waals surface area (Å²) in [6.45, 7) is 2.86. The third kappa shape index (κ3) is 13.4. The molecule has 9 N–H and O–H groups in total. The zero-order valence-corrected chi connectivity index (χ0v) is 50.2. The zero-order valence-electron chi connectivity index (χ0n) is 45.9. The van der Waals surface area contributed by atoms with Crippen LogP contribution in [0, 0.1) is 11.8 Å². The van der Waals surface area contributed by atoms with Gasteiger partial charge in [-0.15, -0.1) is 0 Å². The molecule has 8 heterocycles. The fraction of sp³-hybridized carbons (Fsp3) is 0.434. The summed E-state index contributed by atoms with van der Waals surface area (Å²) in [5.41, 5.74) is 24.3. The molecule has 2 aromatic heterocycles. The quantitative estimate of drug-likeness (QED) is 0.00640. The molecule has 28 nitrogen and oxygen atoms in total. The molecule has 2 amide bonds. The lowest BCUT2D eigenvalue weighted by atomic mass is 9.81. The Kier molecular flexibility index (Phi) is 18.4. The Hall–Kier alpha value is -6.34. The van der Waals surface area contributed by atoms with Crippen LogP contribution >= 0.6 is 45.1 Å². The zero-order chi connectivity index (χ0) is 60.5. The number of nitrogens with zero attached hydrogens (tertiary/aromatic N) is 8. The number of aryl methyl sites for hydroxylation is 2. The van der Waals surface area contributed by atoms with Crippen LogP contribution in [0.3, 0.4) is 0 Å². The number of amides is 2. The molecule has 1 saturated heterocycles. The van der Waals surface area contributed by atoms with Crippen molar-refractivity contribution in [2.75, 3.05) is 74.7 Å². The minimum atomic E-state index is -5.81. The van der Waals surface area contributed by atoms with E-state index in [1.807, 2.05) is 0 Å². The highest BCUT2D eigenvalue weighted by atomic mass is 33.1. The molecule has 0 saturated carbocycles. The molecule has 6 aliphatic heterocycles. The Morgan fingerprint density at radius 2 is 1.69 bits per heavy atom. The van der Waals surface area contributed by atoms with Gasteiger partial charge in [0.2, 0.25) is 11.3 Å². The van der Waals surface area contributed by atoms with Gasteiger partial charge in [0.05, 0.1) is 41.3 Å². The van der Waals surface area contributed by atoms with E-state index in [0.29, 0.717) is 40.1 Å². The molecule has 0 bridgehead atoms. The number of carboxylic acids is 1. The number of benzene rings is 3. The minimum Gasteiger partial charge on any atom is -0.478 e. The standard InChI is InChI=1S/C53H58N11O17P3S2/c54-50-44-33(26-64(51(44)59-28-58-50)43-25-40(76-29-60-61-55)41(78-43)27-77-83(72,73)81-84(74,75)80-82(69,70)71)6-1-14-56-42(65)13-20-85-86-21-15-57-52(66)32-11-12-34(53(67)68)37(24-32)45-38-22-30-7-2-16-62-18-4-9-35(46(30)62)48(38)79-49-36-10-5-19-63-17-3-8-31(47(36)63)23-39(45)49/h11-12,22-24,26,28,40-41,43H,2-5,7-10,13-21,25,27,29H2,(H8-,54,56,57,58,59,65,66,67,68,69,70,71,72,73,74,75)/p+1/t40-,41+,43+/m0/s1. The maximum Gasteiger partial charge on any atom is 0.490 e. The molecular formula is C53H59N11O17P3S2+. The number of hydrogen-bond donors (Lipinski definition) is 8. The molecule has 5 atom stereocenters. The van der Waals surface area contributed by atoms with Crippen molar-refractivity contribution in [3.05, 3.63) is 114 Å². The van der Waals surface area contributed by atoms with Crippen molar-refractivity contribution in [3.8, 4) is 23.3 Å². The first-order valence-electron chi connectivity index (χ1n) is 27.5. The van der Waals surface area contributed by atoms with Crippen LogP contribution < -0.4 is 41.2 Å².